The zero-order chi connectivity index (χ0) is 10.5. The first-order valence-electron chi connectivity index (χ1n) is 5.93. The van der Waals surface area contributed by atoms with Crippen LogP contribution in [0.25, 0.3) is 0 Å². The van der Waals surface area contributed by atoms with Gasteiger partial charge in [0.2, 0.25) is 0 Å². The summed E-state index contributed by atoms with van der Waals surface area (Å²) in [6.45, 7) is 3.29. The number of hydrogen-bond acceptors (Lipinski definition) is 1. The number of para-hydroxylation sites is 1. The Kier molecular flexibility index (Phi) is 3.44. The monoisotopic (exact) mass is 201 g/mol. The third kappa shape index (κ3) is 2.41. The van der Waals surface area contributed by atoms with E-state index in [9.17, 15) is 0 Å². The Balaban J connectivity index is 2.20. The molecule has 1 aliphatic carbocycles. The number of rotatable bonds is 3. The number of benzene rings is 1. The summed E-state index contributed by atoms with van der Waals surface area (Å²) in [5, 5.41) is 0. The molecule has 0 atom stereocenters. The maximum absolute atomic E-state index is 2.43. The molecule has 0 saturated heterocycles. The molecule has 1 aromatic carbocycles. The molecular weight excluding hydrogens is 182 g/mol. The lowest BCUT2D eigenvalue weighted by Gasteiger charge is -2.28. The van der Waals surface area contributed by atoms with Crippen LogP contribution < -0.4 is 4.90 Å². The van der Waals surface area contributed by atoms with Crippen molar-refractivity contribution in [3.8, 4) is 0 Å². The summed E-state index contributed by atoms with van der Waals surface area (Å²) < 4.78 is 0. The summed E-state index contributed by atoms with van der Waals surface area (Å²) in [4.78, 5) is 2.43. The second-order valence-electron chi connectivity index (χ2n) is 4.02. The van der Waals surface area contributed by atoms with Crippen LogP contribution in [0.4, 0.5) is 5.69 Å². The molecule has 0 N–H and O–H groups in total. The van der Waals surface area contributed by atoms with E-state index in [1.165, 1.54) is 37.1 Å². The van der Waals surface area contributed by atoms with Crippen LogP contribution in [-0.4, -0.2) is 6.54 Å². The Morgan fingerprint density at radius 1 is 1.13 bits per heavy atom. The number of allylic oxidation sites excluding steroid dienone is 2. The minimum atomic E-state index is 1.07. The van der Waals surface area contributed by atoms with Gasteiger partial charge in [-0.05, 0) is 44.7 Å². The summed E-state index contributed by atoms with van der Waals surface area (Å²) in [6.07, 6.45) is 7.59. The van der Waals surface area contributed by atoms with Crippen LogP contribution in [0.1, 0.15) is 32.6 Å². The van der Waals surface area contributed by atoms with Gasteiger partial charge in [0.1, 0.15) is 0 Å². The van der Waals surface area contributed by atoms with Gasteiger partial charge in [-0.2, -0.15) is 0 Å². The van der Waals surface area contributed by atoms with Crippen molar-refractivity contribution in [2.45, 2.75) is 32.6 Å². The Morgan fingerprint density at radius 2 is 1.93 bits per heavy atom. The Morgan fingerprint density at radius 3 is 2.53 bits per heavy atom. The van der Waals surface area contributed by atoms with E-state index in [-0.39, 0.29) is 0 Å². The fraction of sp³-hybridized carbons (Fsp3) is 0.429. The Labute approximate surface area is 92.4 Å². The predicted octanol–water partition coefficient (Wildman–Crippen LogP) is 3.97. The predicted molar refractivity (Wildman–Crippen MR) is 66.0 cm³/mol. The first-order valence-corrected chi connectivity index (χ1v) is 5.93. The van der Waals surface area contributed by atoms with E-state index in [4.69, 9.17) is 0 Å². The van der Waals surface area contributed by atoms with Gasteiger partial charge < -0.3 is 4.90 Å². The lowest BCUT2D eigenvalue weighted by molar-refractivity contribution is 0.676. The SMILES string of the molecule is CCN(C1=CCCCC1)c1ccccc1. The van der Waals surface area contributed by atoms with E-state index in [0.717, 1.165) is 6.54 Å². The van der Waals surface area contributed by atoms with E-state index < -0.39 is 0 Å². The highest BCUT2D eigenvalue weighted by Gasteiger charge is 2.11. The first-order chi connectivity index (χ1) is 7.42. The van der Waals surface area contributed by atoms with E-state index in [0.29, 0.717) is 0 Å². The fourth-order valence-corrected chi connectivity index (χ4v) is 2.23. The topological polar surface area (TPSA) is 3.24 Å². The van der Waals surface area contributed by atoms with E-state index in [1.54, 1.807) is 0 Å². The molecule has 1 nitrogen and oxygen atoms in total. The van der Waals surface area contributed by atoms with Gasteiger partial charge in [-0.15, -0.1) is 0 Å². The van der Waals surface area contributed by atoms with Gasteiger partial charge in [-0.3, -0.25) is 0 Å². The van der Waals surface area contributed by atoms with Crippen LogP contribution in [-0.2, 0) is 0 Å². The molecule has 0 heterocycles. The molecule has 1 aromatic rings. The minimum Gasteiger partial charge on any atom is -0.346 e. The number of hydrogen-bond donors (Lipinski definition) is 0. The van der Waals surface area contributed by atoms with Gasteiger partial charge in [0, 0.05) is 17.9 Å². The summed E-state index contributed by atoms with van der Waals surface area (Å²) in [5.41, 5.74) is 2.84. The Hall–Kier alpha value is -1.24. The molecule has 0 bridgehead atoms. The average Bonchev–Trinajstić information content (AvgIpc) is 2.33. The lowest BCUT2D eigenvalue weighted by Crippen LogP contribution is -2.22. The van der Waals surface area contributed by atoms with Crippen LogP contribution in [0, 0.1) is 0 Å². The van der Waals surface area contributed by atoms with Crippen molar-refractivity contribution >= 4 is 5.69 Å². The molecule has 0 aromatic heterocycles. The lowest BCUT2D eigenvalue weighted by atomic mass is 10.0. The van der Waals surface area contributed by atoms with Crippen molar-refractivity contribution in [1.29, 1.82) is 0 Å². The standard InChI is InChI=1S/C14H19N/c1-2-15(13-9-5-3-6-10-13)14-11-7-4-8-12-14/h3,5-6,9-11H,2,4,7-8,12H2,1H3. The molecule has 0 saturated carbocycles. The molecule has 0 spiro atoms. The van der Waals surface area contributed by atoms with Crippen molar-refractivity contribution in [2.75, 3.05) is 11.4 Å². The third-order valence-corrected chi connectivity index (χ3v) is 3.00. The van der Waals surface area contributed by atoms with Gasteiger partial charge in [0.25, 0.3) is 0 Å². The van der Waals surface area contributed by atoms with Crippen LogP contribution in [0.2, 0.25) is 0 Å². The van der Waals surface area contributed by atoms with E-state index in [2.05, 4.69) is 48.2 Å². The normalized spacial score (nSPS) is 15.9. The van der Waals surface area contributed by atoms with Crippen LogP contribution in [0.15, 0.2) is 42.1 Å². The first kappa shape index (κ1) is 10.3. The molecule has 1 heteroatoms. The quantitative estimate of drug-likeness (QED) is 0.715. The summed E-state index contributed by atoms with van der Waals surface area (Å²) in [6, 6.07) is 10.7. The largest absolute Gasteiger partial charge is 0.346 e. The van der Waals surface area contributed by atoms with Gasteiger partial charge >= 0.3 is 0 Å². The maximum Gasteiger partial charge on any atom is 0.0408 e. The van der Waals surface area contributed by atoms with E-state index in [1.807, 2.05) is 0 Å². The van der Waals surface area contributed by atoms with Gasteiger partial charge in [-0.25, -0.2) is 0 Å². The van der Waals surface area contributed by atoms with Gasteiger partial charge in [-0.1, -0.05) is 24.3 Å². The average molecular weight is 201 g/mol. The van der Waals surface area contributed by atoms with E-state index >= 15 is 0 Å². The Bertz CT molecular complexity index is 326. The second-order valence-corrected chi connectivity index (χ2v) is 4.02. The van der Waals surface area contributed by atoms with Crippen LogP contribution in [0.5, 0.6) is 0 Å². The minimum absolute atomic E-state index is 1.07. The van der Waals surface area contributed by atoms with Crippen LogP contribution >= 0.6 is 0 Å². The van der Waals surface area contributed by atoms with Gasteiger partial charge in [0.05, 0.1) is 0 Å². The van der Waals surface area contributed by atoms with Crippen molar-refractivity contribution in [1.82, 2.24) is 0 Å². The molecular formula is C14H19N. The molecule has 0 radical (unpaired) electrons. The molecule has 1 aliphatic rings. The molecule has 0 aliphatic heterocycles. The number of nitrogens with zero attached hydrogens (tertiary/aromatic N) is 1. The molecule has 0 unspecified atom stereocenters. The smallest absolute Gasteiger partial charge is 0.0408 e. The highest BCUT2D eigenvalue weighted by Crippen LogP contribution is 2.25. The second kappa shape index (κ2) is 5.01. The fourth-order valence-electron chi connectivity index (χ4n) is 2.23. The zero-order valence-electron chi connectivity index (χ0n) is 9.45. The van der Waals surface area contributed by atoms with Crippen molar-refractivity contribution < 1.29 is 0 Å². The highest BCUT2D eigenvalue weighted by molar-refractivity contribution is 5.51. The van der Waals surface area contributed by atoms with Gasteiger partial charge in [0.15, 0.2) is 0 Å². The third-order valence-electron chi connectivity index (χ3n) is 3.00. The highest BCUT2D eigenvalue weighted by atomic mass is 15.1. The van der Waals surface area contributed by atoms with Crippen molar-refractivity contribution in [3.63, 3.8) is 0 Å². The summed E-state index contributed by atoms with van der Waals surface area (Å²) in [7, 11) is 0. The maximum atomic E-state index is 2.43. The molecule has 0 fully saturated rings. The molecule has 15 heavy (non-hydrogen) atoms. The van der Waals surface area contributed by atoms with Crippen molar-refractivity contribution in [3.05, 3.63) is 42.1 Å². The zero-order valence-corrected chi connectivity index (χ0v) is 9.45. The summed E-state index contributed by atoms with van der Waals surface area (Å²) >= 11 is 0. The number of anilines is 1. The molecule has 2 rings (SSSR count). The molecule has 80 valence electrons. The summed E-state index contributed by atoms with van der Waals surface area (Å²) in [5.74, 6) is 0. The van der Waals surface area contributed by atoms with Crippen LogP contribution in [0.3, 0.4) is 0 Å². The van der Waals surface area contributed by atoms with Crippen molar-refractivity contribution in [2.24, 2.45) is 0 Å². The molecule has 0 amide bonds.